The SMILES string of the molecule is CCNC(=NCc1ccccn1)N1CCC(C)(C)C1. The summed E-state index contributed by atoms with van der Waals surface area (Å²) in [7, 11) is 0. The Morgan fingerprint density at radius 3 is 2.89 bits per heavy atom. The largest absolute Gasteiger partial charge is 0.357 e. The van der Waals surface area contributed by atoms with Crippen LogP contribution in [0.15, 0.2) is 29.4 Å². The molecule has 1 aliphatic heterocycles. The fraction of sp³-hybridized carbons (Fsp3) is 0.600. The highest BCUT2D eigenvalue weighted by atomic mass is 15.3. The summed E-state index contributed by atoms with van der Waals surface area (Å²) in [6.07, 6.45) is 3.04. The zero-order valence-corrected chi connectivity index (χ0v) is 12.2. The van der Waals surface area contributed by atoms with Crippen molar-refractivity contribution in [3.05, 3.63) is 30.1 Å². The number of hydrogen-bond donors (Lipinski definition) is 1. The average molecular weight is 260 g/mol. The van der Waals surface area contributed by atoms with Gasteiger partial charge in [-0.1, -0.05) is 19.9 Å². The number of nitrogens with zero attached hydrogens (tertiary/aromatic N) is 3. The van der Waals surface area contributed by atoms with Crippen molar-refractivity contribution in [2.45, 2.75) is 33.7 Å². The molecule has 1 aromatic rings. The zero-order valence-electron chi connectivity index (χ0n) is 12.2. The second-order valence-corrected chi connectivity index (χ2v) is 5.83. The van der Waals surface area contributed by atoms with Crippen LogP contribution in [0.4, 0.5) is 0 Å². The second kappa shape index (κ2) is 6.04. The molecule has 0 unspecified atom stereocenters. The molecule has 1 aromatic heterocycles. The summed E-state index contributed by atoms with van der Waals surface area (Å²) in [5.74, 6) is 1.01. The molecule has 0 spiro atoms. The standard InChI is InChI=1S/C15H24N4/c1-4-16-14(19-10-8-15(2,3)12-19)18-11-13-7-5-6-9-17-13/h5-7,9H,4,8,10-12H2,1-3H3,(H,16,18). The van der Waals surface area contributed by atoms with Crippen LogP contribution in [0.2, 0.25) is 0 Å². The fourth-order valence-corrected chi connectivity index (χ4v) is 2.37. The minimum atomic E-state index is 0.390. The van der Waals surface area contributed by atoms with Crippen LogP contribution in [-0.2, 0) is 6.54 Å². The maximum Gasteiger partial charge on any atom is 0.194 e. The van der Waals surface area contributed by atoms with Gasteiger partial charge in [0.25, 0.3) is 0 Å². The molecule has 2 heterocycles. The smallest absolute Gasteiger partial charge is 0.194 e. The average Bonchev–Trinajstić information content (AvgIpc) is 2.76. The maximum absolute atomic E-state index is 4.70. The molecule has 0 aliphatic carbocycles. The molecule has 0 aromatic carbocycles. The summed E-state index contributed by atoms with van der Waals surface area (Å²) in [4.78, 5) is 11.4. The first-order chi connectivity index (χ1) is 9.11. The van der Waals surface area contributed by atoms with Crippen molar-refractivity contribution < 1.29 is 0 Å². The molecule has 0 bridgehead atoms. The Bertz CT molecular complexity index is 425. The van der Waals surface area contributed by atoms with Crippen molar-refractivity contribution in [3.63, 3.8) is 0 Å². The summed E-state index contributed by atoms with van der Waals surface area (Å²) < 4.78 is 0. The Morgan fingerprint density at radius 1 is 1.47 bits per heavy atom. The third-order valence-electron chi connectivity index (χ3n) is 3.43. The van der Waals surface area contributed by atoms with E-state index in [-0.39, 0.29) is 0 Å². The van der Waals surface area contributed by atoms with Crippen LogP contribution < -0.4 is 5.32 Å². The zero-order chi connectivity index (χ0) is 13.7. The molecule has 0 atom stereocenters. The lowest BCUT2D eigenvalue weighted by Crippen LogP contribution is -2.40. The van der Waals surface area contributed by atoms with Gasteiger partial charge in [0.05, 0.1) is 12.2 Å². The Labute approximate surface area is 115 Å². The summed E-state index contributed by atoms with van der Waals surface area (Å²) in [5, 5.41) is 3.38. The van der Waals surface area contributed by atoms with Crippen LogP contribution in [0.5, 0.6) is 0 Å². The Morgan fingerprint density at radius 2 is 2.32 bits per heavy atom. The van der Waals surface area contributed by atoms with Crippen LogP contribution in [0.25, 0.3) is 0 Å². The van der Waals surface area contributed by atoms with Gasteiger partial charge < -0.3 is 10.2 Å². The van der Waals surface area contributed by atoms with Crippen molar-refractivity contribution >= 4 is 5.96 Å². The Hall–Kier alpha value is -1.58. The minimum absolute atomic E-state index is 0.390. The third-order valence-corrected chi connectivity index (χ3v) is 3.43. The van der Waals surface area contributed by atoms with E-state index in [0.29, 0.717) is 12.0 Å². The van der Waals surface area contributed by atoms with E-state index in [1.165, 1.54) is 6.42 Å². The molecule has 1 fully saturated rings. The van der Waals surface area contributed by atoms with Crippen LogP contribution in [0.1, 0.15) is 32.9 Å². The van der Waals surface area contributed by atoms with Gasteiger partial charge in [-0.2, -0.15) is 0 Å². The first-order valence-electron chi connectivity index (χ1n) is 7.04. The molecular weight excluding hydrogens is 236 g/mol. The fourth-order valence-electron chi connectivity index (χ4n) is 2.37. The first-order valence-corrected chi connectivity index (χ1v) is 7.04. The summed E-state index contributed by atoms with van der Waals surface area (Å²) in [5.41, 5.74) is 1.40. The van der Waals surface area contributed by atoms with Crippen molar-refractivity contribution in [2.24, 2.45) is 10.4 Å². The number of hydrogen-bond acceptors (Lipinski definition) is 2. The molecule has 1 N–H and O–H groups in total. The normalized spacial score (nSPS) is 18.7. The molecule has 2 rings (SSSR count). The lowest BCUT2D eigenvalue weighted by Gasteiger charge is -2.23. The van der Waals surface area contributed by atoms with Gasteiger partial charge in [0, 0.05) is 25.8 Å². The Balaban J connectivity index is 2.03. The van der Waals surface area contributed by atoms with Gasteiger partial charge in [-0.15, -0.1) is 0 Å². The number of rotatable bonds is 3. The number of guanidine groups is 1. The third kappa shape index (κ3) is 3.94. The van der Waals surface area contributed by atoms with Crippen molar-refractivity contribution in [1.82, 2.24) is 15.2 Å². The van der Waals surface area contributed by atoms with Crippen molar-refractivity contribution in [2.75, 3.05) is 19.6 Å². The van der Waals surface area contributed by atoms with E-state index in [4.69, 9.17) is 4.99 Å². The van der Waals surface area contributed by atoms with E-state index in [9.17, 15) is 0 Å². The van der Waals surface area contributed by atoms with E-state index < -0.39 is 0 Å². The quantitative estimate of drug-likeness (QED) is 0.669. The molecule has 19 heavy (non-hydrogen) atoms. The monoisotopic (exact) mass is 260 g/mol. The highest BCUT2D eigenvalue weighted by molar-refractivity contribution is 5.80. The second-order valence-electron chi connectivity index (χ2n) is 5.83. The van der Waals surface area contributed by atoms with Gasteiger partial charge in [-0.3, -0.25) is 4.98 Å². The summed E-state index contributed by atoms with van der Waals surface area (Å²) in [6, 6.07) is 5.95. The molecule has 0 radical (unpaired) electrons. The lowest BCUT2D eigenvalue weighted by molar-refractivity contribution is 0.370. The van der Waals surface area contributed by atoms with Crippen LogP contribution in [0.3, 0.4) is 0 Å². The minimum Gasteiger partial charge on any atom is -0.357 e. The highest BCUT2D eigenvalue weighted by Crippen LogP contribution is 2.28. The molecule has 4 nitrogen and oxygen atoms in total. The number of pyridine rings is 1. The summed E-state index contributed by atoms with van der Waals surface area (Å²) in [6.45, 7) is 10.4. The molecule has 1 aliphatic rings. The van der Waals surface area contributed by atoms with E-state index in [1.54, 1.807) is 0 Å². The van der Waals surface area contributed by atoms with Crippen molar-refractivity contribution in [1.29, 1.82) is 0 Å². The van der Waals surface area contributed by atoms with Crippen LogP contribution >= 0.6 is 0 Å². The maximum atomic E-state index is 4.70. The predicted octanol–water partition coefficient (Wildman–Crippen LogP) is 2.28. The van der Waals surface area contributed by atoms with Crippen LogP contribution in [0, 0.1) is 5.41 Å². The Kier molecular flexibility index (Phi) is 4.40. The van der Waals surface area contributed by atoms with Gasteiger partial charge in [0.1, 0.15) is 0 Å². The first kappa shape index (κ1) is 13.8. The van der Waals surface area contributed by atoms with E-state index in [1.807, 2.05) is 24.4 Å². The number of nitrogens with one attached hydrogen (secondary N) is 1. The molecule has 0 amide bonds. The summed E-state index contributed by atoms with van der Waals surface area (Å²) >= 11 is 0. The van der Waals surface area contributed by atoms with Gasteiger partial charge in [-0.25, -0.2) is 4.99 Å². The van der Waals surface area contributed by atoms with E-state index in [0.717, 1.165) is 31.3 Å². The predicted molar refractivity (Wildman–Crippen MR) is 79.0 cm³/mol. The molecule has 1 saturated heterocycles. The highest BCUT2D eigenvalue weighted by Gasteiger charge is 2.30. The lowest BCUT2D eigenvalue weighted by atomic mass is 9.93. The molecule has 104 valence electrons. The van der Waals surface area contributed by atoms with E-state index in [2.05, 4.69) is 36.0 Å². The molecule has 0 saturated carbocycles. The number of likely N-dealkylation sites (tertiary alicyclic amines) is 1. The van der Waals surface area contributed by atoms with Gasteiger partial charge in [0.2, 0.25) is 0 Å². The van der Waals surface area contributed by atoms with Gasteiger partial charge in [-0.05, 0) is 30.9 Å². The van der Waals surface area contributed by atoms with Crippen LogP contribution in [-0.4, -0.2) is 35.5 Å². The topological polar surface area (TPSA) is 40.5 Å². The molecular formula is C15H24N4. The molecule has 4 heteroatoms. The van der Waals surface area contributed by atoms with Gasteiger partial charge in [0.15, 0.2) is 5.96 Å². The van der Waals surface area contributed by atoms with Gasteiger partial charge >= 0.3 is 0 Å². The number of aliphatic imine (C=N–C) groups is 1. The van der Waals surface area contributed by atoms with E-state index >= 15 is 0 Å². The van der Waals surface area contributed by atoms with Crippen molar-refractivity contribution in [3.8, 4) is 0 Å². The number of aromatic nitrogens is 1.